The molecule has 1 aliphatic heterocycles. The fourth-order valence-electron chi connectivity index (χ4n) is 2.54. The van der Waals surface area contributed by atoms with Crippen LogP contribution in [0.4, 0.5) is 11.5 Å². The monoisotopic (exact) mass is 220 g/mol. The van der Waals surface area contributed by atoms with Crippen molar-refractivity contribution in [1.82, 2.24) is 9.88 Å². The summed E-state index contributed by atoms with van der Waals surface area (Å²) < 4.78 is 0. The molecule has 1 aliphatic rings. The average molecular weight is 220 g/mol. The van der Waals surface area contributed by atoms with E-state index >= 15 is 0 Å². The topological polar surface area (TPSA) is 68.2 Å². The summed E-state index contributed by atoms with van der Waals surface area (Å²) in [5, 5.41) is 0. The van der Waals surface area contributed by atoms with Crippen LogP contribution < -0.4 is 11.5 Å². The first-order chi connectivity index (χ1) is 7.72. The lowest BCUT2D eigenvalue weighted by atomic mass is 9.97. The number of hydrogen-bond donors (Lipinski definition) is 2. The van der Waals surface area contributed by atoms with Gasteiger partial charge in [-0.25, -0.2) is 4.98 Å². The number of likely N-dealkylation sites (tertiary alicyclic amines) is 1. The summed E-state index contributed by atoms with van der Waals surface area (Å²) in [5.74, 6) is 1.06. The summed E-state index contributed by atoms with van der Waals surface area (Å²) in [6.07, 6.45) is 4.01. The van der Waals surface area contributed by atoms with Gasteiger partial charge >= 0.3 is 0 Å². The maximum absolute atomic E-state index is 5.98. The van der Waals surface area contributed by atoms with Crippen LogP contribution in [0.25, 0.3) is 0 Å². The summed E-state index contributed by atoms with van der Waals surface area (Å²) in [6, 6.07) is 1.84. The van der Waals surface area contributed by atoms with Crippen molar-refractivity contribution in [3.63, 3.8) is 0 Å². The van der Waals surface area contributed by atoms with E-state index in [1.807, 2.05) is 6.07 Å². The van der Waals surface area contributed by atoms with Gasteiger partial charge in [-0.05, 0) is 32.0 Å². The lowest BCUT2D eigenvalue weighted by Gasteiger charge is -2.17. The van der Waals surface area contributed by atoms with Gasteiger partial charge in [0.2, 0.25) is 0 Å². The zero-order valence-electron chi connectivity index (χ0n) is 9.82. The van der Waals surface area contributed by atoms with E-state index in [2.05, 4.69) is 16.8 Å². The van der Waals surface area contributed by atoms with Gasteiger partial charge in [-0.1, -0.05) is 6.92 Å². The third kappa shape index (κ3) is 2.11. The van der Waals surface area contributed by atoms with Crippen LogP contribution in [0.2, 0.25) is 0 Å². The largest absolute Gasteiger partial charge is 0.398 e. The van der Waals surface area contributed by atoms with Crippen LogP contribution in [-0.2, 0) is 0 Å². The molecule has 1 aromatic heterocycles. The van der Waals surface area contributed by atoms with Gasteiger partial charge in [-0.3, -0.25) is 0 Å². The van der Waals surface area contributed by atoms with E-state index in [-0.39, 0.29) is 0 Å². The predicted octanol–water partition coefficient (Wildman–Crippen LogP) is 1.45. The lowest BCUT2D eigenvalue weighted by Crippen LogP contribution is -2.21. The Balaban J connectivity index is 2.14. The number of nitrogens with zero attached hydrogens (tertiary/aromatic N) is 2. The van der Waals surface area contributed by atoms with E-state index in [1.165, 1.54) is 6.42 Å². The van der Waals surface area contributed by atoms with Crippen LogP contribution in [-0.4, -0.2) is 29.5 Å². The maximum Gasteiger partial charge on any atom is 0.128 e. The first kappa shape index (κ1) is 11.2. The number of nitrogens with two attached hydrogens (primary N) is 2. The van der Waals surface area contributed by atoms with E-state index < -0.39 is 0 Å². The first-order valence-electron chi connectivity index (χ1n) is 5.94. The molecule has 2 heterocycles. The highest BCUT2D eigenvalue weighted by Gasteiger charge is 2.26. The van der Waals surface area contributed by atoms with E-state index in [9.17, 15) is 0 Å². The van der Waals surface area contributed by atoms with Crippen molar-refractivity contribution < 1.29 is 0 Å². The molecule has 4 nitrogen and oxygen atoms in total. The minimum absolute atomic E-state index is 0.459. The molecule has 1 saturated heterocycles. The van der Waals surface area contributed by atoms with E-state index in [0.29, 0.717) is 11.7 Å². The molecule has 1 fully saturated rings. The van der Waals surface area contributed by atoms with Crippen LogP contribution >= 0.6 is 0 Å². The molecule has 4 heteroatoms. The highest BCUT2D eigenvalue weighted by molar-refractivity contribution is 5.59. The lowest BCUT2D eigenvalue weighted by molar-refractivity contribution is 0.335. The van der Waals surface area contributed by atoms with Gasteiger partial charge in [0, 0.05) is 29.9 Å². The molecule has 4 N–H and O–H groups in total. The van der Waals surface area contributed by atoms with Crippen LogP contribution in [0.5, 0.6) is 0 Å². The van der Waals surface area contributed by atoms with Crippen LogP contribution in [0, 0.1) is 0 Å². The van der Waals surface area contributed by atoms with Gasteiger partial charge in [-0.2, -0.15) is 0 Å². The number of anilines is 2. The summed E-state index contributed by atoms with van der Waals surface area (Å²) in [6.45, 7) is 5.58. The van der Waals surface area contributed by atoms with Crippen molar-refractivity contribution in [3.8, 4) is 0 Å². The molecule has 1 atom stereocenters. The quantitative estimate of drug-likeness (QED) is 0.809. The molecule has 1 aromatic rings. The van der Waals surface area contributed by atoms with E-state index in [0.717, 1.165) is 37.3 Å². The van der Waals surface area contributed by atoms with Crippen LogP contribution in [0.1, 0.15) is 31.2 Å². The number of aromatic nitrogens is 1. The Hall–Kier alpha value is -1.29. The number of nitrogen functional groups attached to an aromatic ring is 2. The van der Waals surface area contributed by atoms with Gasteiger partial charge in [0.1, 0.15) is 5.82 Å². The summed E-state index contributed by atoms with van der Waals surface area (Å²) >= 11 is 0. The predicted molar refractivity (Wildman–Crippen MR) is 67.2 cm³/mol. The second-order valence-electron chi connectivity index (χ2n) is 4.49. The smallest absolute Gasteiger partial charge is 0.128 e. The normalized spacial score (nSPS) is 21.4. The van der Waals surface area contributed by atoms with Crippen LogP contribution in [0.3, 0.4) is 0 Å². The minimum atomic E-state index is 0.459. The fourth-order valence-corrected chi connectivity index (χ4v) is 2.54. The summed E-state index contributed by atoms with van der Waals surface area (Å²) in [4.78, 5) is 6.60. The average Bonchev–Trinajstić information content (AvgIpc) is 2.67. The van der Waals surface area contributed by atoms with Gasteiger partial charge in [0.25, 0.3) is 0 Å². The van der Waals surface area contributed by atoms with Crippen molar-refractivity contribution in [2.75, 3.05) is 31.1 Å². The Morgan fingerprint density at radius 1 is 1.50 bits per heavy atom. The van der Waals surface area contributed by atoms with Crippen molar-refractivity contribution in [2.45, 2.75) is 25.7 Å². The van der Waals surface area contributed by atoms with Gasteiger partial charge in [0.15, 0.2) is 0 Å². The highest BCUT2D eigenvalue weighted by Crippen LogP contribution is 2.33. The molecule has 0 radical (unpaired) electrons. The zero-order chi connectivity index (χ0) is 11.5. The fraction of sp³-hybridized carbons (Fsp3) is 0.583. The molecule has 16 heavy (non-hydrogen) atoms. The highest BCUT2D eigenvalue weighted by atomic mass is 15.1. The van der Waals surface area contributed by atoms with E-state index in [4.69, 9.17) is 11.5 Å². The Bertz CT molecular complexity index is 344. The molecular weight excluding hydrogens is 200 g/mol. The van der Waals surface area contributed by atoms with Gasteiger partial charge in [0.05, 0.1) is 0 Å². The van der Waals surface area contributed by atoms with Gasteiger partial charge in [-0.15, -0.1) is 0 Å². The summed E-state index contributed by atoms with van der Waals surface area (Å²) in [5.41, 5.74) is 13.7. The minimum Gasteiger partial charge on any atom is -0.398 e. The SMILES string of the molecule is CCCN1CC[C@@H](c2c(N)ccnc2N)C1. The third-order valence-corrected chi connectivity index (χ3v) is 3.28. The molecule has 0 spiro atoms. The molecule has 0 bridgehead atoms. The molecule has 0 aromatic carbocycles. The molecule has 0 unspecified atom stereocenters. The Kier molecular flexibility index (Phi) is 3.29. The molecule has 0 amide bonds. The Morgan fingerprint density at radius 2 is 2.31 bits per heavy atom. The van der Waals surface area contributed by atoms with Crippen LogP contribution in [0.15, 0.2) is 12.3 Å². The Labute approximate surface area is 96.6 Å². The Morgan fingerprint density at radius 3 is 3.00 bits per heavy atom. The second kappa shape index (κ2) is 4.70. The molecule has 88 valence electrons. The molecule has 2 rings (SSSR count). The zero-order valence-corrected chi connectivity index (χ0v) is 9.82. The number of pyridine rings is 1. The third-order valence-electron chi connectivity index (χ3n) is 3.28. The van der Waals surface area contributed by atoms with Crippen molar-refractivity contribution >= 4 is 11.5 Å². The maximum atomic E-state index is 5.98. The van der Waals surface area contributed by atoms with E-state index in [1.54, 1.807) is 6.20 Å². The standard InChI is InChI=1S/C12H20N4/c1-2-6-16-7-4-9(8-16)11-10(13)3-5-15-12(11)14/h3,5,9H,2,4,6-8H2,1H3,(H4,13,14,15)/t9-/m1/s1. The number of hydrogen-bond acceptors (Lipinski definition) is 4. The number of rotatable bonds is 3. The second-order valence-corrected chi connectivity index (χ2v) is 4.49. The van der Waals surface area contributed by atoms with Gasteiger partial charge < -0.3 is 16.4 Å². The molecule has 0 aliphatic carbocycles. The molecular formula is C12H20N4. The first-order valence-corrected chi connectivity index (χ1v) is 5.94. The summed E-state index contributed by atoms with van der Waals surface area (Å²) in [7, 11) is 0. The molecule has 0 saturated carbocycles. The van der Waals surface area contributed by atoms with Crippen molar-refractivity contribution in [1.29, 1.82) is 0 Å². The van der Waals surface area contributed by atoms with Crippen molar-refractivity contribution in [2.24, 2.45) is 0 Å². The van der Waals surface area contributed by atoms with Crippen molar-refractivity contribution in [3.05, 3.63) is 17.8 Å².